The van der Waals surface area contributed by atoms with E-state index in [1.54, 1.807) is 12.1 Å². The van der Waals surface area contributed by atoms with Crippen molar-refractivity contribution in [3.05, 3.63) is 29.8 Å². The first-order chi connectivity index (χ1) is 17.0. The normalized spacial score (nSPS) is 25.7. The molecule has 4 N–H and O–H groups in total. The van der Waals surface area contributed by atoms with E-state index in [4.69, 9.17) is 4.74 Å². The first-order valence-corrected chi connectivity index (χ1v) is 12.9. The van der Waals surface area contributed by atoms with Crippen molar-refractivity contribution in [2.75, 3.05) is 0 Å². The van der Waals surface area contributed by atoms with Crippen molar-refractivity contribution in [2.45, 2.75) is 97.4 Å². The predicted molar refractivity (Wildman–Crippen MR) is 136 cm³/mol. The molecular formula is C27H41N3O6. The molecule has 9 heteroatoms. The quantitative estimate of drug-likeness (QED) is 0.403. The van der Waals surface area contributed by atoms with Crippen LogP contribution in [0, 0.1) is 11.8 Å². The number of unbranched alkanes of at least 4 members (excludes halogenated alkanes) is 1. The van der Waals surface area contributed by atoms with Crippen molar-refractivity contribution in [3.63, 3.8) is 0 Å². The summed E-state index contributed by atoms with van der Waals surface area (Å²) in [5.74, 6) is -2.19. The fourth-order valence-corrected chi connectivity index (χ4v) is 4.13. The first kappa shape index (κ1) is 29.1. The van der Waals surface area contributed by atoms with Gasteiger partial charge in [-0.15, -0.1) is 0 Å². The molecular weight excluding hydrogens is 462 g/mol. The van der Waals surface area contributed by atoms with E-state index in [-0.39, 0.29) is 30.4 Å². The number of rotatable bonds is 8. The van der Waals surface area contributed by atoms with Crippen LogP contribution in [0.2, 0.25) is 0 Å². The lowest BCUT2D eigenvalue weighted by atomic mass is 9.94. The molecule has 0 spiro atoms. The van der Waals surface area contributed by atoms with E-state index in [0.29, 0.717) is 6.42 Å². The number of aromatic hydroxyl groups is 1. The molecule has 0 saturated carbocycles. The lowest BCUT2D eigenvalue weighted by Crippen LogP contribution is -2.55. The molecule has 1 aromatic rings. The summed E-state index contributed by atoms with van der Waals surface area (Å²) < 4.78 is 5.86. The summed E-state index contributed by atoms with van der Waals surface area (Å²) in [4.78, 5) is 52.3. The fraction of sp³-hybridized carbons (Fsp3) is 0.630. The maximum atomic E-state index is 13.2. The van der Waals surface area contributed by atoms with Crippen molar-refractivity contribution in [1.29, 1.82) is 0 Å². The third-order valence-electron chi connectivity index (χ3n) is 6.85. The average Bonchev–Trinajstić information content (AvgIpc) is 2.85. The van der Waals surface area contributed by atoms with Crippen LogP contribution in [0.15, 0.2) is 24.3 Å². The van der Waals surface area contributed by atoms with Gasteiger partial charge in [-0.3, -0.25) is 14.4 Å². The van der Waals surface area contributed by atoms with Crippen LogP contribution in [0.4, 0.5) is 0 Å². The minimum Gasteiger partial charge on any atom is -0.508 e. The number of phenolic OH excluding ortho intramolecular Hbond substituents is 1. The Labute approximate surface area is 213 Å². The van der Waals surface area contributed by atoms with Gasteiger partial charge in [-0.1, -0.05) is 59.1 Å². The Morgan fingerprint density at radius 2 is 1.64 bits per heavy atom. The van der Waals surface area contributed by atoms with Crippen LogP contribution >= 0.6 is 0 Å². The average molecular weight is 504 g/mol. The van der Waals surface area contributed by atoms with Gasteiger partial charge < -0.3 is 25.8 Å². The maximum Gasteiger partial charge on any atom is 0.329 e. The lowest BCUT2D eigenvalue weighted by Gasteiger charge is -2.29. The van der Waals surface area contributed by atoms with Crippen molar-refractivity contribution in [3.8, 4) is 5.75 Å². The Kier molecular flexibility index (Phi) is 11.2. The molecule has 1 fully saturated rings. The highest BCUT2D eigenvalue weighted by molar-refractivity contribution is 5.94. The van der Waals surface area contributed by atoms with Gasteiger partial charge in [-0.05, 0) is 42.9 Å². The van der Waals surface area contributed by atoms with Gasteiger partial charge in [0.2, 0.25) is 17.7 Å². The molecule has 1 saturated heterocycles. The summed E-state index contributed by atoms with van der Waals surface area (Å²) in [6.45, 7) is 9.31. The second kappa shape index (κ2) is 13.8. The van der Waals surface area contributed by atoms with Gasteiger partial charge in [0.1, 0.15) is 30.0 Å². The Bertz CT molecular complexity index is 903. The minimum absolute atomic E-state index is 0.0821. The van der Waals surface area contributed by atoms with Crippen LogP contribution in [0.1, 0.15) is 72.3 Å². The molecule has 1 aromatic carbocycles. The molecule has 0 aromatic heterocycles. The van der Waals surface area contributed by atoms with E-state index in [0.717, 1.165) is 24.8 Å². The summed E-state index contributed by atoms with van der Waals surface area (Å²) in [6, 6.07) is 3.57. The standard InChI is InChI=1S/C27H41N3O6/c1-6-8-9-17(4)22-15-23(32)29-21(14-19-10-12-20(31)13-11-19)26(34)28-18(5)25(33)30-24(16(3)7-2)27(35)36-22/h10-13,16-18,21-22,24,31H,6-9,14-15H2,1-5H3,(H,28,34)(H,29,32)(H,30,33). The molecule has 9 nitrogen and oxygen atoms in total. The number of esters is 1. The van der Waals surface area contributed by atoms with Gasteiger partial charge in [-0.25, -0.2) is 4.79 Å². The fourth-order valence-electron chi connectivity index (χ4n) is 4.13. The molecule has 6 unspecified atom stereocenters. The number of carbonyl (C=O) groups excluding carboxylic acids is 4. The summed E-state index contributed by atoms with van der Waals surface area (Å²) in [7, 11) is 0. The van der Waals surface area contributed by atoms with E-state index in [9.17, 15) is 24.3 Å². The third kappa shape index (κ3) is 8.53. The van der Waals surface area contributed by atoms with Gasteiger partial charge in [-0.2, -0.15) is 0 Å². The highest BCUT2D eigenvalue weighted by Crippen LogP contribution is 2.21. The van der Waals surface area contributed by atoms with Crippen LogP contribution in [-0.4, -0.2) is 53.0 Å². The van der Waals surface area contributed by atoms with Crippen molar-refractivity contribution in [1.82, 2.24) is 16.0 Å². The van der Waals surface area contributed by atoms with Gasteiger partial charge in [0.25, 0.3) is 0 Å². The van der Waals surface area contributed by atoms with Crippen molar-refractivity contribution >= 4 is 23.7 Å². The molecule has 6 atom stereocenters. The molecule has 1 aliphatic heterocycles. The topological polar surface area (TPSA) is 134 Å². The predicted octanol–water partition coefficient (Wildman–Crippen LogP) is 2.60. The number of phenols is 1. The number of benzene rings is 1. The minimum atomic E-state index is -0.953. The van der Waals surface area contributed by atoms with Crippen LogP contribution < -0.4 is 16.0 Å². The Hall–Kier alpha value is -3.10. The Morgan fingerprint density at radius 3 is 2.25 bits per heavy atom. The van der Waals surface area contributed by atoms with Crippen LogP contribution in [0.25, 0.3) is 0 Å². The SMILES string of the molecule is CCCCC(C)C1CC(=O)NC(Cc2ccc(O)cc2)C(=O)NC(C)C(=O)NC(C(C)CC)C(=O)O1. The van der Waals surface area contributed by atoms with E-state index in [1.165, 1.54) is 19.1 Å². The molecule has 3 amide bonds. The number of cyclic esters (lactones) is 1. The zero-order valence-corrected chi connectivity index (χ0v) is 22.0. The zero-order valence-electron chi connectivity index (χ0n) is 22.0. The number of hydrogen-bond acceptors (Lipinski definition) is 6. The maximum absolute atomic E-state index is 13.2. The summed E-state index contributed by atoms with van der Waals surface area (Å²) >= 11 is 0. The largest absolute Gasteiger partial charge is 0.508 e. The van der Waals surface area contributed by atoms with Gasteiger partial charge >= 0.3 is 5.97 Å². The highest BCUT2D eigenvalue weighted by atomic mass is 16.5. The van der Waals surface area contributed by atoms with E-state index in [1.807, 2.05) is 20.8 Å². The van der Waals surface area contributed by atoms with E-state index < -0.39 is 47.9 Å². The zero-order chi connectivity index (χ0) is 26.8. The molecule has 0 radical (unpaired) electrons. The summed E-state index contributed by atoms with van der Waals surface area (Å²) in [5, 5.41) is 17.7. The van der Waals surface area contributed by atoms with Crippen molar-refractivity contribution in [2.24, 2.45) is 11.8 Å². The van der Waals surface area contributed by atoms with E-state index >= 15 is 0 Å². The summed E-state index contributed by atoms with van der Waals surface area (Å²) in [6.07, 6.45) is 2.68. The molecule has 36 heavy (non-hydrogen) atoms. The van der Waals surface area contributed by atoms with Crippen LogP contribution in [-0.2, 0) is 30.3 Å². The molecule has 2 rings (SSSR count). The second-order valence-corrected chi connectivity index (χ2v) is 9.89. The van der Waals surface area contributed by atoms with Gasteiger partial charge in [0.05, 0.1) is 6.42 Å². The highest BCUT2D eigenvalue weighted by Gasteiger charge is 2.35. The summed E-state index contributed by atoms with van der Waals surface area (Å²) in [5.41, 5.74) is 0.728. The number of amides is 3. The number of hydrogen-bond donors (Lipinski definition) is 4. The lowest BCUT2D eigenvalue weighted by molar-refractivity contribution is -0.158. The number of carbonyl (C=O) groups is 4. The second-order valence-electron chi connectivity index (χ2n) is 9.89. The molecule has 1 aliphatic rings. The Balaban J connectivity index is 2.38. The van der Waals surface area contributed by atoms with E-state index in [2.05, 4.69) is 22.9 Å². The monoisotopic (exact) mass is 503 g/mol. The van der Waals surface area contributed by atoms with Gasteiger partial charge in [0.15, 0.2) is 0 Å². The molecule has 1 heterocycles. The first-order valence-electron chi connectivity index (χ1n) is 12.9. The van der Waals surface area contributed by atoms with Crippen LogP contribution in [0.3, 0.4) is 0 Å². The Morgan fingerprint density at radius 1 is 0.972 bits per heavy atom. The smallest absolute Gasteiger partial charge is 0.329 e. The molecule has 200 valence electrons. The number of ether oxygens (including phenoxy) is 1. The molecule has 0 aliphatic carbocycles. The van der Waals surface area contributed by atoms with Gasteiger partial charge in [0, 0.05) is 6.42 Å². The van der Waals surface area contributed by atoms with Crippen molar-refractivity contribution < 1.29 is 29.0 Å². The third-order valence-corrected chi connectivity index (χ3v) is 6.85. The molecule has 0 bridgehead atoms. The van der Waals surface area contributed by atoms with Crippen LogP contribution in [0.5, 0.6) is 5.75 Å². The number of nitrogens with one attached hydrogen (secondary N) is 3.